The fourth-order valence-corrected chi connectivity index (χ4v) is 1.97. The number of hydrogen-bond acceptors (Lipinski definition) is 5. The third-order valence-corrected chi connectivity index (χ3v) is 3.27. The van der Waals surface area contributed by atoms with E-state index in [4.69, 9.17) is 12.2 Å². The Balaban J connectivity index is 2.40. The average molecular weight is 364 g/mol. The van der Waals surface area contributed by atoms with Crippen molar-refractivity contribution in [3.8, 4) is 0 Å². The number of amides is 2. The molecule has 0 unspecified atom stereocenters. The Kier molecular flexibility index (Phi) is 8.80. The predicted molar refractivity (Wildman–Crippen MR) is 98.3 cm³/mol. The van der Waals surface area contributed by atoms with Crippen molar-refractivity contribution in [2.24, 2.45) is 0 Å². The molecule has 0 saturated carbocycles. The number of non-ortho nitro benzene ring substituents is 1. The van der Waals surface area contributed by atoms with Crippen LogP contribution in [0.2, 0.25) is 0 Å². The van der Waals surface area contributed by atoms with E-state index in [0.29, 0.717) is 12.0 Å². The number of hydrogen-bond donors (Lipinski definition) is 3. The summed E-state index contributed by atoms with van der Waals surface area (Å²) in [5.41, 5.74) is 5.28. The van der Waals surface area contributed by atoms with Gasteiger partial charge in [0.15, 0.2) is 5.11 Å². The minimum absolute atomic E-state index is 0.0440. The molecule has 3 N–H and O–H groups in total. The van der Waals surface area contributed by atoms with Gasteiger partial charge < -0.3 is 0 Å². The van der Waals surface area contributed by atoms with E-state index in [1.807, 2.05) is 6.92 Å². The van der Waals surface area contributed by atoms with Gasteiger partial charge >= 0.3 is 0 Å². The van der Waals surface area contributed by atoms with E-state index in [1.54, 1.807) is 6.07 Å². The Labute approximate surface area is 150 Å². The Hall–Kier alpha value is -2.81. The van der Waals surface area contributed by atoms with E-state index >= 15 is 0 Å². The Morgan fingerprint density at radius 2 is 2.04 bits per heavy atom. The molecular formula is C16H20N4O4S. The maximum atomic E-state index is 11.7. The van der Waals surface area contributed by atoms with Gasteiger partial charge in [0.1, 0.15) is 0 Å². The van der Waals surface area contributed by atoms with Crippen LogP contribution in [0.5, 0.6) is 0 Å². The number of rotatable bonds is 7. The zero-order chi connectivity index (χ0) is 18.7. The summed E-state index contributed by atoms with van der Waals surface area (Å²) in [6, 6.07) is 5.86. The molecule has 0 saturated heterocycles. The van der Waals surface area contributed by atoms with Gasteiger partial charge in [0.05, 0.1) is 4.92 Å². The highest BCUT2D eigenvalue weighted by Gasteiger charge is 2.05. The molecule has 134 valence electrons. The number of benzene rings is 1. The van der Waals surface area contributed by atoms with Crippen LogP contribution < -0.4 is 16.2 Å². The minimum atomic E-state index is -0.524. The lowest BCUT2D eigenvalue weighted by atomic mass is 10.2. The van der Waals surface area contributed by atoms with Crippen LogP contribution in [0.3, 0.4) is 0 Å². The lowest BCUT2D eigenvalue weighted by molar-refractivity contribution is -0.384. The van der Waals surface area contributed by atoms with Crippen LogP contribution in [-0.2, 0) is 9.59 Å². The van der Waals surface area contributed by atoms with Crippen LogP contribution in [0, 0.1) is 10.1 Å². The molecule has 0 spiro atoms. The van der Waals surface area contributed by atoms with Crippen LogP contribution in [0.25, 0.3) is 6.08 Å². The van der Waals surface area contributed by atoms with Gasteiger partial charge in [-0.2, -0.15) is 0 Å². The summed E-state index contributed by atoms with van der Waals surface area (Å²) in [6.07, 6.45) is 5.77. The second-order valence-electron chi connectivity index (χ2n) is 5.13. The van der Waals surface area contributed by atoms with Gasteiger partial charge in [0, 0.05) is 24.6 Å². The summed E-state index contributed by atoms with van der Waals surface area (Å²) >= 11 is 4.89. The maximum absolute atomic E-state index is 11.7. The highest BCUT2D eigenvalue weighted by atomic mass is 32.1. The average Bonchev–Trinajstić information content (AvgIpc) is 2.58. The van der Waals surface area contributed by atoms with E-state index in [2.05, 4.69) is 16.2 Å². The summed E-state index contributed by atoms with van der Waals surface area (Å²) in [7, 11) is 0. The van der Waals surface area contributed by atoms with Crippen molar-refractivity contribution < 1.29 is 14.5 Å². The number of nitrogens with one attached hydrogen (secondary N) is 3. The Morgan fingerprint density at radius 1 is 1.28 bits per heavy atom. The molecule has 8 nitrogen and oxygen atoms in total. The fourth-order valence-electron chi connectivity index (χ4n) is 1.82. The molecule has 25 heavy (non-hydrogen) atoms. The number of carbonyl (C=O) groups is 2. The molecule has 0 bridgehead atoms. The molecule has 1 rings (SSSR count). The molecular weight excluding hydrogens is 344 g/mol. The number of carbonyl (C=O) groups excluding carboxylic acids is 2. The largest absolute Gasteiger partial charge is 0.298 e. The number of nitrogens with zero attached hydrogens (tertiary/aromatic N) is 1. The van der Waals surface area contributed by atoms with Crippen molar-refractivity contribution in [1.82, 2.24) is 16.2 Å². The lowest BCUT2D eigenvalue weighted by Gasteiger charge is -2.09. The van der Waals surface area contributed by atoms with Gasteiger partial charge in [-0.3, -0.25) is 35.9 Å². The number of hydrazine groups is 1. The topological polar surface area (TPSA) is 113 Å². The summed E-state index contributed by atoms with van der Waals surface area (Å²) in [6.45, 7) is 2.04. The van der Waals surface area contributed by atoms with E-state index in [0.717, 1.165) is 19.3 Å². The van der Waals surface area contributed by atoms with E-state index in [1.165, 1.54) is 30.4 Å². The zero-order valence-corrected chi connectivity index (χ0v) is 14.6. The first-order valence-electron chi connectivity index (χ1n) is 7.74. The molecule has 2 amide bonds. The summed E-state index contributed by atoms with van der Waals surface area (Å²) in [5.74, 6) is -0.735. The standard InChI is InChI=1S/C16H20N4O4S/c1-2-3-4-8-15(22)18-19-16(25)17-14(21)10-9-12-6-5-7-13(11-12)20(23)24/h5-7,9-11H,2-4,8H2,1H3,(H,18,22)(H2,17,19,21,25)/b10-9+. The molecule has 9 heteroatoms. The number of unbranched alkanes of at least 4 members (excludes halogenated alkanes) is 2. The van der Waals surface area contributed by atoms with Gasteiger partial charge in [-0.25, -0.2) is 0 Å². The second-order valence-corrected chi connectivity index (χ2v) is 5.54. The Bertz CT molecular complexity index is 676. The smallest absolute Gasteiger partial charge is 0.270 e. The molecule has 0 aromatic heterocycles. The van der Waals surface area contributed by atoms with Crippen molar-refractivity contribution in [1.29, 1.82) is 0 Å². The first-order valence-corrected chi connectivity index (χ1v) is 8.15. The predicted octanol–water partition coefficient (Wildman–Crippen LogP) is 2.21. The molecule has 0 heterocycles. The van der Waals surface area contributed by atoms with Crippen molar-refractivity contribution in [2.45, 2.75) is 32.6 Å². The van der Waals surface area contributed by atoms with Crippen LogP contribution in [0.4, 0.5) is 5.69 Å². The summed E-state index contributed by atoms with van der Waals surface area (Å²) in [4.78, 5) is 33.4. The number of thiocarbonyl (C=S) groups is 1. The quantitative estimate of drug-likeness (QED) is 0.225. The zero-order valence-electron chi connectivity index (χ0n) is 13.8. The first kappa shape index (κ1) is 20.2. The van der Waals surface area contributed by atoms with Crippen LogP contribution >= 0.6 is 12.2 Å². The third-order valence-electron chi connectivity index (χ3n) is 3.07. The van der Waals surface area contributed by atoms with Gasteiger partial charge in [-0.05, 0) is 30.3 Å². The molecule has 1 aromatic carbocycles. The van der Waals surface area contributed by atoms with Crippen molar-refractivity contribution >= 4 is 40.9 Å². The third kappa shape index (κ3) is 8.56. The van der Waals surface area contributed by atoms with E-state index in [-0.39, 0.29) is 16.7 Å². The lowest BCUT2D eigenvalue weighted by Crippen LogP contribution is -2.48. The maximum Gasteiger partial charge on any atom is 0.270 e. The van der Waals surface area contributed by atoms with Gasteiger partial charge in [0.25, 0.3) is 5.69 Å². The Morgan fingerprint density at radius 3 is 2.72 bits per heavy atom. The molecule has 1 aromatic rings. The van der Waals surface area contributed by atoms with Gasteiger partial charge in [-0.15, -0.1) is 0 Å². The van der Waals surface area contributed by atoms with Gasteiger partial charge in [-0.1, -0.05) is 31.9 Å². The van der Waals surface area contributed by atoms with Crippen molar-refractivity contribution in [3.05, 3.63) is 46.0 Å². The molecule has 0 fully saturated rings. The van der Waals surface area contributed by atoms with Crippen molar-refractivity contribution in [2.75, 3.05) is 0 Å². The molecule has 0 aliphatic rings. The monoisotopic (exact) mass is 364 g/mol. The molecule has 0 aliphatic carbocycles. The minimum Gasteiger partial charge on any atom is -0.298 e. The van der Waals surface area contributed by atoms with Crippen LogP contribution in [-0.4, -0.2) is 21.9 Å². The number of nitro benzene ring substituents is 1. The summed E-state index contributed by atoms with van der Waals surface area (Å²) < 4.78 is 0. The molecule has 0 radical (unpaired) electrons. The summed E-state index contributed by atoms with van der Waals surface area (Å²) in [5, 5.41) is 13.0. The number of nitro groups is 1. The normalized spacial score (nSPS) is 10.3. The second kappa shape index (κ2) is 10.9. The highest BCUT2D eigenvalue weighted by Crippen LogP contribution is 2.13. The van der Waals surface area contributed by atoms with Crippen LogP contribution in [0.15, 0.2) is 30.3 Å². The fraction of sp³-hybridized carbons (Fsp3) is 0.312. The van der Waals surface area contributed by atoms with Crippen LogP contribution in [0.1, 0.15) is 38.2 Å². The SMILES string of the molecule is CCCCCC(=O)NNC(=S)NC(=O)/C=C/c1cccc([N+](=O)[O-])c1. The van der Waals surface area contributed by atoms with Gasteiger partial charge in [0.2, 0.25) is 11.8 Å². The highest BCUT2D eigenvalue weighted by molar-refractivity contribution is 7.80. The first-order chi connectivity index (χ1) is 11.9. The van der Waals surface area contributed by atoms with E-state index in [9.17, 15) is 19.7 Å². The molecule has 0 atom stereocenters. The molecule has 0 aliphatic heterocycles. The van der Waals surface area contributed by atoms with Crippen molar-refractivity contribution in [3.63, 3.8) is 0 Å². The van der Waals surface area contributed by atoms with E-state index < -0.39 is 10.8 Å².